The van der Waals surface area contributed by atoms with Gasteiger partial charge < -0.3 is 4.90 Å². The van der Waals surface area contributed by atoms with Gasteiger partial charge in [0.25, 0.3) is 0 Å². The van der Waals surface area contributed by atoms with Gasteiger partial charge in [-0.3, -0.25) is 4.99 Å². The second-order valence-electron chi connectivity index (χ2n) is 6.28. The summed E-state index contributed by atoms with van der Waals surface area (Å²) in [4.78, 5) is 7.29. The second-order valence-corrected chi connectivity index (χ2v) is 6.28. The van der Waals surface area contributed by atoms with E-state index in [1.807, 2.05) is 0 Å². The summed E-state index contributed by atoms with van der Waals surface area (Å²) in [5.41, 5.74) is 2.79. The van der Waals surface area contributed by atoms with Crippen LogP contribution < -0.4 is 0 Å². The molecule has 0 N–H and O–H groups in total. The Bertz CT molecular complexity index is 619. The van der Waals surface area contributed by atoms with Gasteiger partial charge in [-0.15, -0.1) is 0 Å². The summed E-state index contributed by atoms with van der Waals surface area (Å²) >= 11 is 0. The first kappa shape index (κ1) is 14.8. The number of nitrogens with zero attached hydrogens (tertiary/aromatic N) is 2. The van der Waals surface area contributed by atoms with Crippen LogP contribution in [0.15, 0.2) is 65.7 Å². The van der Waals surface area contributed by atoms with Crippen molar-refractivity contribution >= 4 is 5.84 Å². The molecule has 0 aliphatic carbocycles. The summed E-state index contributed by atoms with van der Waals surface area (Å²) in [6, 6.07) is 21.8. The minimum absolute atomic E-state index is 0.328. The highest BCUT2D eigenvalue weighted by Crippen LogP contribution is 2.28. The Balaban J connectivity index is 1.67. The van der Waals surface area contributed by atoms with Crippen LogP contribution in [0.4, 0.5) is 0 Å². The zero-order valence-electron chi connectivity index (χ0n) is 13.4. The zero-order chi connectivity index (χ0) is 15.4. The molecular weight excluding hydrogens is 268 g/mol. The van der Waals surface area contributed by atoms with Gasteiger partial charge in [-0.25, -0.2) is 0 Å². The number of hydrogen-bond acceptors (Lipinski definition) is 1. The molecule has 2 nitrogen and oxygen atoms in total. The molecule has 2 aromatic rings. The van der Waals surface area contributed by atoms with Crippen LogP contribution in [0.1, 0.15) is 30.4 Å². The van der Waals surface area contributed by atoms with Crippen LogP contribution in [0.5, 0.6) is 0 Å². The monoisotopic (exact) mass is 292 g/mol. The minimum Gasteiger partial charge on any atom is -0.363 e. The minimum atomic E-state index is 0.328. The highest BCUT2D eigenvalue weighted by molar-refractivity contribution is 5.85. The molecule has 2 atom stereocenters. The maximum absolute atomic E-state index is 4.97. The molecule has 2 aromatic carbocycles. The van der Waals surface area contributed by atoms with E-state index in [4.69, 9.17) is 4.99 Å². The van der Waals surface area contributed by atoms with Crippen LogP contribution >= 0.6 is 0 Å². The summed E-state index contributed by atoms with van der Waals surface area (Å²) in [5, 5.41) is 0. The van der Waals surface area contributed by atoms with Crippen molar-refractivity contribution in [3.8, 4) is 0 Å². The molecule has 1 aliphatic heterocycles. The van der Waals surface area contributed by atoms with E-state index in [0.717, 1.165) is 19.4 Å². The molecule has 0 spiro atoms. The lowest BCUT2D eigenvalue weighted by molar-refractivity contribution is 0.516. The van der Waals surface area contributed by atoms with Crippen molar-refractivity contribution in [1.29, 1.82) is 0 Å². The van der Waals surface area contributed by atoms with Crippen molar-refractivity contribution in [2.75, 3.05) is 13.6 Å². The third-order valence-electron chi connectivity index (χ3n) is 4.38. The van der Waals surface area contributed by atoms with Crippen molar-refractivity contribution in [3.63, 3.8) is 0 Å². The van der Waals surface area contributed by atoms with Gasteiger partial charge in [0.15, 0.2) is 0 Å². The number of amidine groups is 1. The number of likely N-dealkylation sites (tertiary alicyclic amines) is 1. The van der Waals surface area contributed by atoms with E-state index in [9.17, 15) is 0 Å². The summed E-state index contributed by atoms with van der Waals surface area (Å²) in [7, 11) is 2.16. The average Bonchev–Trinajstić information content (AvgIpc) is 2.90. The van der Waals surface area contributed by atoms with Crippen molar-refractivity contribution in [2.24, 2.45) is 4.99 Å². The normalized spacial score (nSPS) is 21.3. The van der Waals surface area contributed by atoms with Crippen molar-refractivity contribution in [3.05, 3.63) is 71.8 Å². The third kappa shape index (κ3) is 3.56. The SMILES string of the molecule is CC(Cc1ccccc1)N=C1CC(c2ccccc2)CN1C. The summed E-state index contributed by atoms with van der Waals surface area (Å²) in [5.74, 6) is 1.83. The number of likely N-dealkylation sites (N-methyl/N-ethyl adjacent to an activating group) is 1. The van der Waals surface area contributed by atoms with Gasteiger partial charge >= 0.3 is 0 Å². The summed E-state index contributed by atoms with van der Waals surface area (Å²) in [6.07, 6.45) is 2.06. The largest absolute Gasteiger partial charge is 0.363 e. The molecule has 114 valence electrons. The fourth-order valence-electron chi connectivity index (χ4n) is 3.23. The molecule has 0 aromatic heterocycles. The topological polar surface area (TPSA) is 15.6 Å². The van der Waals surface area contributed by atoms with Gasteiger partial charge in [-0.05, 0) is 24.5 Å². The van der Waals surface area contributed by atoms with E-state index >= 15 is 0 Å². The molecule has 0 radical (unpaired) electrons. The number of rotatable bonds is 4. The number of hydrogen-bond donors (Lipinski definition) is 0. The number of benzene rings is 2. The Morgan fingerprint density at radius 3 is 2.36 bits per heavy atom. The molecule has 1 fully saturated rings. The molecule has 0 saturated carbocycles. The molecule has 1 saturated heterocycles. The Labute approximate surface area is 133 Å². The van der Waals surface area contributed by atoms with Crippen LogP contribution in [0, 0.1) is 0 Å². The predicted octanol–water partition coefficient (Wildman–Crippen LogP) is 4.14. The van der Waals surface area contributed by atoms with E-state index in [2.05, 4.69) is 79.5 Å². The average molecular weight is 292 g/mol. The van der Waals surface area contributed by atoms with Gasteiger partial charge in [0.05, 0.1) is 11.9 Å². The highest BCUT2D eigenvalue weighted by Gasteiger charge is 2.26. The quantitative estimate of drug-likeness (QED) is 0.827. The van der Waals surface area contributed by atoms with Crippen LogP contribution in [0.3, 0.4) is 0 Å². The first-order valence-corrected chi connectivity index (χ1v) is 8.09. The molecule has 1 heterocycles. The molecule has 0 amide bonds. The van der Waals surface area contributed by atoms with Crippen LogP contribution in [-0.4, -0.2) is 30.4 Å². The summed E-state index contributed by atoms with van der Waals surface area (Å²) in [6.45, 7) is 3.28. The molecule has 22 heavy (non-hydrogen) atoms. The molecule has 2 heteroatoms. The van der Waals surface area contributed by atoms with Crippen molar-refractivity contribution in [1.82, 2.24) is 4.90 Å². The van der Waals surface area contributed by atoms with E-state index in [1.54, 1.807) is 0 Å². The maximum atomic E-state index is 4.97. The van der Waals surface area contributed by atoms with E-state index < -0.39 is 0 Å². The highest BCUT2D eigenvalue weighted by atomic mass is 15.2. The zero-order valence-corrected chi connectivity index (χ0v) is 13.4. The molecular formula is C20H24N2. The van der Waals surface area contributed by atoms with E-state index in [-0.39, 0.29) is 0 Å². The lowest BCUT2D eigenvalue weighted by Gasteiger charge is -2.14. The Hall–Kier alpha value is -2.09. The van der Waals surface area contributed by atoms with Crippen molar-refractivity contribution < 1.29 is 0 Å². The lowest BCUT2D eigenvalue weighted by atomic mass is 9.98. The Morgan fingerprint density at radius 1 is 1.05 bits per heavy atom. The van der Waals surface area contributed by atoms with Gasteiger partial charge in [0.1, 0.15) is 0 Å². The maximum Gasteiger partial charge on any atom is 0.0996 e. The third-order valence-corrected chi connectivity index (χ3v) is 4.38. The van der Waals surface area contributed by atoms with Gasteiger partial charge in [-0.1, -0.05) is 60.7 Å². The predicted molar refractivity (Wildman–Crippen MR) is 93.5 cm³/mol. The van der Waals surface area contributed by atoms with Crippen LogP contribution in [-0.2, 0) is 6.42 Å². The van der Waals surface area contributed by atoms with Gasteiger partial charge in [0.2, 0.25) is 0 Å². The molecule has 2 unspecified atom stereocenters. The van der Waals surface area contributed by atoms with Gasteiger partial charge in [0, 0.05) is 25.9 Å². The Kier molecular flexibility index (Phi) is 4.57. The van der Waals surface area contributed by atoms with E-state index in [0.29, 0.717) is 12.0 Å². The smallest absolute Gasteiger partial charge is 0.0996 e. The van der Waals surface area contributed by atoms with Crippen LogP contribution in [0.2, 0.25) is 0 Å². The Morgan fingerprint density at radius 2 is 1.68 bits per heavy atom. The second kappa shape index (κ2) is 6.78. The number of aliphatic imine (C=N–C) groups is 1. The first-order valence-electron chi connectivity index (χ1n) is 8.09. The van der Waals surface area contributed by atoms with Crippen LogP contribution in [0.25, 0.3) is 0 Å². The lowest BCUT2D eigenvalue weighted by Crippen LogP contribution is -2.21. The first-order chi connectivity index (χ1) is 10.7. The van der Waals surface area contributed by atoms with E-state index in [1.165, 1.54) is 17.0 Å². The van der Waals surface area contributed by atoms with Gasteiger partial charge in [-0.2, -0.15) is 0 Å². The molecule has 0 bridgehead atoms. The summed E-state index contributed by atoms with van der Waals surface area (Å²) < 4.78 is 0. The van der Waals surface area contributed by atoms with Crippen molar-refractivity contribution in [2.45, 2.75) is 31.7 Å². The molecule has 1 aliphatic rings. The molecule has 3 rings (SSSR count). The standard InChI is InChI=1S/C20H24N2/c1-16(13-17-9-5-3-6-10-17)21-20-14-19(15-22(20)2)18-11-7-4-8-12-18/h3-12,16,19H,13-15H2,1-2H3. The fraction of sp³-hybridized carbons (Fsp3) is 0.350. The fourth-order valence-corrected chi connectivity index (χ4v) is 3.23.